The maximum atomic E-state index is 13.6. The predicted molar refractivity (Wildman–Crippen MR) is 134 cm³/mol. The first-order chi connectivity index (χ1) is 16.3. The maximum Gasteiger partial charge on any atom is 0.414 e. The third-order valence-corrected chi connectivity index (χ3v) is 6.25. The van der Waals surface area contributed by atoms with E-state index in [9.17, 15) is 26.7 Å². The molecule has 1 aromatic rings. The lowest BCUT2D eigenvalue weighted by Crippen LogP contribution is -2.48. The number of hydrogen-bond donors (Lipinski definition) is 2. The van der Waals surface area contributed by atoms with Crippen LogP contribution in [0.15, 0.2) is 46.7 Å². The van der Waals surface area contributed by atoms with Crippen LogP contribution in [0.1, 0.15) is 47.8 Å². The third-order valence-electron chi connectivity index (χ3n) is 6.25. The number of aromatic nitrogens is 2. The topological polar surface area (TPSA) is 67.5 Å². The van der Waals surface area contributed by atoms with Gasteiger partial charge in [0.05, 0.1) is 16.8 Å². The largest absolute Gasteiger partial charge is 0.414 e. The zero-order valence-corrected chi connectivity index (χ0v) is 20.1. The van der Waals surface area contributed by atoms with Crippen molar-refractivity contribution >= 4 is 0 Å². The van der Waals surface area contributed by atoms with E-state index in [4.69, 9.17) is 0 Å². The number of alkyl halides is 5. The van der Waals surface area contributed by atoms with Crippen LogP contribution in [0.3, 0.4) is 0 Å². The number of aromatic amines is 1. The van der Waals surface area contributed by atoms with Crippen LogP contribution >= 0.6 is 0 Å². The number of H-pyrrole nitrogens is 1. The summed E-state index contributed by atoms with van der Waals surface area (Å²) in [6, 6.07) is 0.759. The van der Waals surface area contributed by atoms with Crippen LogP contribution in [-0.2, 0) is 5.92 Å². The second-order valence-electron chi connectivity index (χ2n) is 8.96. The molecule has 0 saturated carbocycles. The first-order valence-corrected chi connectivity index (χ1v) is 11.4. The van der Waals surface area contributed by atoms with Crippen molar-refractivity contribution in [3.05, 3.63) is 63.5 Å². The highest BCUT2D eigenvalue weighted by molar-refractivity contribution is 5.27. The van der Waals surface area contributed by atoms with Gasteiger partial charge in [-0.1, -0.05) is 14.0 Å². The van der Waals surface area contributed by atoms with E-state index in [1.807, 2.05) is 0 Å². The summed E-state index contributed by atoms with van der Waals surface area (Å²) in [7, 11) is 1.66. The first kappa shape index (κ1) is 29.3. The van der Waals surface area contributed by atoms with Crippen LogP contribution in [-0.4, -0.2) is 77.4 Å². The highest BCUT2D eigenvalue weighted by Crippen LogP contribution is 2.30. The summed E-state index contributed by atoms with van der Waals surface area (Å²) in [6.07, 6.45) is -1.04. The summed E-state index contributed by atoms with van der Waals surface area (Å²) in [6.45, 7) is 9.62. The van der Waals surface area contributed by atoms with Gasteiger partial charge in [0.2, 0.25) is 0 Å². The van der Waals surface area contributed by atoms with E-state index in [-0.39, 0.29) is 22.9 Å². The van der Waals surface area contributed by atoms with Crippen LogP contribution in [0.2, 0.25) is 0 Å². The van der Waals surface area contributed by atoms with Gasteiger partial charge in [-0.15, -0.1) is 0 Å². The van der Waals surface area contributed by atoms with Crippen molar-refractivity contribution in [2.24, 2.45) is 0 Å². The van der Waals surface area contributed by atoms with E-state index >= 15 is 0 Å². The molecule has 2 N–H and O–H groups in total. The van der Waals surface area contributed by atoms with Gasteiger partial charge < -0.3 is 20.0 Å². The molecule has 1 fully saturated rings. The molecule has 0 aliphatic carbocycles. The average Bonchev–Trinajstić information content (AvgIpc) is 2.78. The number of nitrogens with zero attached hydrogens (tertiary/aromatic N) is 4. The van der Waals surface area contributed by atoms with Gasteiger partial charge in [-0.3, -0.25) is 4.79 Å². The second-order valence-corrected chi connectivity index (χ2v) is 8.96. The minimum atomic E-state index is -4.32. The standard InChI is InChI=1S/C23H31F5N6O.CH4.2H2/c1-15(7-8-29-16(2)19-13-18(22(3,24)25)21(35)31-30-19)33-9-11-34(12-10-33)20-6-5-17(14-32(20)4)23(26,27)28;;;/h5-6,13,16,29H,1,7-12,14H2,2-4H3,(H,31,35);1H4;2*1H. The fourth-order valence-electron chi connectivity index (χ4n) is 4.14. The number of piperazine rings is 1. The molecule has 2 aliphatic rings. The zero-order valence-electron chi connectivity index (χ0n) is 20.1. The van der Waals surface area contributed by atoms with E-state index in [1.54, 1.807) is 18.9 Å². The fourth-order valence-corrected chi connectivity index (χ4v) is 4.14. The Labute approximate surface area is 211 Å². The summed E-state index contributed by atoms with van der Waals surface area (Å²) >= 11 is 0. The summed E-state index contributed by atoms with van der Waals surface area (Å²) in [4.78, 5) is 17.4. The van der Waals surface area contributed by atoms with Crippen molar-refractivity contribution in [1.29, 1.82) is 0 Å². The number of likely N-dealkylation sites (N-methyl/N-ethyl adjacent to an activating group) is 1. The molecule has 36 heavy (non-hydrogen) atoms. The maximum absolute atomic E-state index is 13.6. The number of hydrogen-bond acceptors (Lipinski definition) is 6. The summed E-state index contributed by atoms with van der Waals surface area (Å²) in [5.41, 5.74) is -0.873. The fraction of sp³-hybridized carbons (Fsp3) is 0.583. The molecule has 1 saturated heterocycles. The molecule has 12 heteroatoms. The lowest BCUT2D eigenvalue weighted by atomic mass is 10.1. The highest BCUT2D eigenvalue weighted by Gasteiger charge is 2.36. The van der Waals surface area contributed by atoms with Gasteiger partial charge in [0.1, 0.15) is 5.82 Å². The number of halogens is 5. The molecule has 1 aromatic heterocycles. The number of nitrogens with one attached hydrogen (secondary N) is 2. The zero-order chi connectivity index (χ0) is 26.0. The van der Waals surface area contributed by atoms with Gasteiger partial charge in [0.15, 0.2) is 0 Å². The molecular formula is C24H39F5N6O. The molecule has 0 aromatic carbocycles. The molecule has 7 nitrogen and oxygen atoms in total. The molecule has 3 heterocycles. The van der Waals surface area contributed by atoms with Crippen molar-refractivity contribution in [2.45, 2.75) is 45.8 Å². The van der Waals surface area contributed by atoms with E-state index in [1.165, 1.54) is 6.08 Å². The van der Waals surface area contributed by atoms with Crippen LogP contribution in [0.25, 0.3) is 0 Å². The Balaban J connectivity index is 0.00000456. The summed E-state index contributed by atoms with van der Waals surface area (Å²) in [5, 5.41) is 9.21. The first-order valence-electron chi connectivity index (χ1n) is 11.4. The molecule has 206 valence electrons. The Kier molecular flexibility index (Phi) is 9.33. The molecule has 2 aliphatic heterocycles. The molecule has 1 atom stereocenters. The molecule has 1 unspecified atom stereocenters. The Bertz CT molecular complexity index is 1050. The normalized spacial score (nSPS) is 17.8. The molecule has 0 amide bonds. The lowest BCUT2D eigenvalue weighted by Gasteiger charge is -2.42. The molecule has 0 bridgehead atoms. The van der Waals surface area contributed by atoms with E-state index < -0.39 is 28.8 Å². The number of allylic oxidation sites excluding steroid dienone is 2. The van der Waals surface area contributed by atoms with E-state index in [2.05, 4.69) is 31.9 Å². The lowest BCUT2D eigenvalue weighted by molar-refractivity contribution is -0.0956. The van der Waals surface area contributed by atoms with Gasteiger partial charge in [-0.2, -0.15) is 18.3 Å². The van der Waals surface area contributed by atoms with Gasteiger partial charge in [-0.05, 0) is 31.6 Å². The van der Waals surface area contributed by atoms with Crippen LogP contribution < -0.4 is 10.9 Å². The average molecular weight is 523 g/mol. The van der Waals surface area contributed by atoms with Crippen molar-refractivity contribution < 1.29 is 24.8 Å². The number of rotatable bonds is 8. The van der Waals surface area contributed by atoms with Gasteiger partial charge in [0.25, 0.3) is 11.5 Å². The highest BCUT2D eigenvalue weighted by atomic mass is 19.4. The van der Waals surface area contributed by atoms with E-state index in [0.717, 1.165) is 23.7 Å². The molecular weight excluding hydrogens is 483 g/mol. The minimum Gasteiger partial charge on any atom is -0.372 e. The predicted octanol–water partition coefficient (Wildman–Crippen LogP) is 4.46. The molecule has 3 rings (SSSR count). The molecule has 0 radical (unpaired) electrons. The Morgan fingerprint density at radius 1 is 1.22 bits per heavy atom. The van der Waals surface area contributed by atoms with Crippen LogP contribution in [0.5, 0.6) is 0 Å². The molecule has 0 spiro atoms. The Morgan fingerprint density at radius 2 is 1.86 bits per heavy atom. The van der Waals surface area contributed by atoms with E-state index in [0.29, 0.717) is 51.8 Å². The SMILES string of the molecule is C.C=C(CCNC(C)c1cc(C(C)(F)F)c(=O)[nH]n1)N1CCN(C2=CC=C(C(F)(F)F)CN2C)CC1.[HH].[HH]. The summed E-state index contributed by atoms with van der Waals surface area (Å²) in [5.74, 6) is -2.50. The van der Waals surface area contributed by atoms with Crippen LogP contribution in [0, 0.1) is 0 Å². The van der Waals surface area contributed by atoms with Crippen LogP contribution in [0.4, 0.5) is 22.0 Å². The second kappa shape index (κ2) is 11.4. The van der Waals surface area contributed by atoms with Gasteiger partial charge in [0, 0.05) is 67.8 Å². The Hall–Kier alpha value is -2.89. The third kappa shape index (κ3) is 7.08. The van der Waals surface area contributed by atoms with Gasteiger partial charge >= 0.3 is 6.18 Å². The van der Waals surface area contributed by atoms with Crippen molar-refractivity contribution in [3.63, 3.8) is 0 Å². The quantitative estimate of drug-likeness (QED) is 0.492. The minimum absolute atomic E-state index is 0. The monoisotopic (exact) mass is 522 g/mol. The van der Waals surface area contributed by atoms with Crippen molar-refractivity contribution in [1.82, 2.24) is 30.2 Å². The van der Waals surface area contributed by atoms with Crippen molar-refractivity contribution in [2.75, 3.05) is 46.3 Å². The van der Waals surface area contributed by atoms with Crippen molar-refractivity contribution in [3.8, 4) is 0 Å². The Morgan fingerprint density at radius 3 is 2.42 bits per heavy atom. The van der Waals surface area contributed by atoms with Gasteiger partial charge in [-0.25, -0.2) is 13.9 Å². The summed E-state index contributed by atoms with van der Waals surface area (Å²) < 4.78 is 66.1. The smallest absolute Gasteiger partial charge is 0.372 e.